The minimum absolute atomic E-state index is 0.0293. The van der Waals surface area contributed by atoms with Crippen molar-refractivity contribution in [1.29, 1.82) is 0 Å². The van der Waals surface area contributed by atoms with Crippen LogP contribution in [0.15, 0.2) is 48.7 Å². The molecule has 0 aliphatic heterocycles. The SMILES string of the molecule is CCN(CC)C(=O)c1cnc2nc(C)ccc2c1Nc1ccccc1. The highest BCUT2D eigenvalue weighted by Gasteiger charge is 2.20. The summed E-state index contributed by atoms with van der Waals surface area (Å²) in [5.41, 5.74) is 3.76. The Balaban J connectivity index is 2.17. The van der Waals surface area contributed by atoms with Gasteiger partial charge in [-0.05, 0) is 45.0 Å². The number of carbonyl (C=O) groups is 1. The molecule has 5 nitrogen and oxygen atoms in total. The first-order valence-electron chi connectivity index (χ1n) is 8.51. The molecule has 3 rings (SSSR count). The van der Waals surface area contributed by atoms with Crippen LogP contribution in [-0.4, -0.2) is 33.9 Å². The molecule has 0 fully saturated rings. The standard InChI is InChI=1S/C20H22N4O/c1-4-24(5-2)20(25)17-13-21-19-16(12-11-14(3)22-19)18(17)23-15-9-7-6-8-10-15/h6-13H,4-5H2,1-3H3,(H,21,22,23). The van der Waals surface area contributed by atoms with Crippen LogP contribution in [0, 0.1) is 6.92 Å². The molecule has 0 radical (unpaired) electrons. The summed E-state index contributed by atoms with van der Waals surface area (Å²) in [5, 5.41) is 4.23. The Hall–Kier alpha value is -2.95. The van der Waals surface area contributed by atoms with Crippen LogP contribution < -0.4 is 5.32 Å². The Morgan fingerprint density at radius 3 is 2.48 bits per heavy atom. The summed E-state index contributed by atoms with van der Waals surface area (Å²) in [6.45, 7) is 7.20. The summed E-state index contributed by atoms with van der Waals surface area (Å²) in [6.07, 6.45) is 1.63. The van der Waals surface area contributed by atoms with E-state index in [2.05, 4.69) is 15.3 Å². The van der Waals surface area contributed by atoms with Crippen molar-refractivity contribution in [2.45, 2.75) is 20.8 Å². The van der Waals surface area contributed by atoms with E-state index in [-0.39, 0.29) is 5.91 Å². The second kappa shape index (κ2) is 7.30. The first kappa shape index (κ1) is 16.9. The molecule has 2 aromatic heterocycles. The van der Waals surface area contributed by atoms with Gasteiger partial charge in [-0.1, -0.05) is 18.2 Å². The van der Waals surface area contributed by atoms with Gasteiger partial charge in [0.2, 0.25) is 0 Å². The number of amides is 1. The fourth-order valence-corrected chi connectivity index (χ4v) is 2.82. The third kappa shape index (κ3) is 3.45. The second-order valence-electron chi connectivity index (χ2n) is 5.84. The Kier molecular flexibility index (Phi) is 4.93. The molecule has 0 unspecified atom stereocenters. The minimum Gasteiger partial charge on any atom is -0.354 e. The van der Waals surface area contributed by atoms with Gasteiger partial charge in [-0.3, -0.25) is 4.79 Å². The van der Waals surface area contributed by atoms with Crippen LogP contribution in [0.4, 0.5) is 11.4 Å². The van der Waals surface area contributed by atoms with Crippen molar-refractivity contribution in [2.24, 2.45) is 0 Å². The predicted octanol–water partition coefficient (Wildman–Crippen LogP) is 4.16. The number of hydrogen-bond acceptors (Lipinski definition) is 4. The molecule has 3 aromatic rings. The van der Waals surface area contributed by atoms with Gasteiger partial charge < -0.3 is 10.2 Å². The molecule has 128 valence electrons. The molecule has 0 aliphatic carbocycles. The van der Waals surface area contributed by atoms with Crippen LogP contribution in [0.25, 0.3) is 11.0 Å². The Labute approximate surface area is 147 Å². The summed E-state index contributed by atoms with van der Waals surface area (Å²) < 4.78 is 0. The molecule has 0 saturated carbocycles. The molecule has 5 heteroatoms. The molecule has 1 amide bonds. The minimum atomic E-state index is -0.0293. The number of para-hydroxylation sites is 1. The number of hydrogen-bond donors (Lipinski definition) is 1. The molecule has 0 bridgehead atoms. The van der Waals surface area contributed by atoms with Gasteiger partial charge in [-0.15, -0.1) is 0 Å². The van der Waals surface area contributed by atoms with Gasteiger partial charge in [0.1, 0.15) is 0 Å². The summed E-state index contributed by atoms with van der Waals surface area (Å²) in [4.78, 5) is 23.7. The molecule has 1 N–H and O–H groups in total. The molecule has 2 heterocycles. The van der Waals surface area contributed by atoms with Crippen molar-refractivity contribution in [1.82, 2.24) is 14.9 Å². The molecule has 25 heavy (non-hydrogen) atoms. The first-order chi connectivity index (χ1) is 12.1. The van der Waals surface area contributed by atoms with E-state index in [0.29, 0.717) is 24.3 Å². The lowest BCUT2D eigenvalue weighted by Gasteiger charge is -2.21. The summed E-state index contributed by atoms with van der Waals surface area (Å²) in [6, 6.07) is 13.7. The molecular formula is C20H22N4O. The van der Waals surface area contributed by atoms with E-state index in [0.717, 1.165) is 22.5 Å². The molecule has 0 spiro atoms. The van der Waals surface area contributed by atoms with Gasteiger partial charge in [-0.2, -0.15) is 0 Å². The van der Waals surface area contributed by atoms with Crippen molar-refractivity contribution < 1.29 is 4.79 Å². The lowest BCUT2D eigenvalue weighted by atomic mass is 10.1. The Morgan fingerprint density at radius 1 is 1.08 bits per heavy atom. The van der Waals surface area contributed by atoms with Gasteiger partial charge in [-0.25, -0.2) is 9.97 Å². The number of rotatable bonds is 5. The van der Waals surface area contributed by atoms with E-state index in [1.165, 1.54) is 0 Å². The first-order valence-corrected chi connectivity index (χ1v) is 8.51. The molecule has 0 saturated heterocycles. The maximum Gasteiger partial charge on any atom is 0.257 e. The van der Waals surface area contributed by atoms with Crippen LogP contribution in [-0.2, 0) is 0 Å². The monoisotopic (exact) mass is 334 g/mol. The number of nitrogens with zero attached hydrogens (tertiary/aromatic N) is 3. The van der Waals surface area contributed by atoms with Crippen LogP contribution in [0.1, 0.15) is 29.9 Å². The highest BCUT2D eigenvalue weighted by atomic mass is 16.2. The summed E-state index contributed by atoms with van der Waals surface area (Å²) >= 11 is 0. The lowest BCUT2D eigenvalue weighted by molar-refractivity contribution is 0.0774. The van der Waals surface area contributed by atoms with E-state index in [1.807, 2.05) is 63.2 Å². The van der Waals surface area contributed by atoms with Crippen molar-refractivity contribution in [3.05, 3.63) is 59.9 Å². The quantitative estimate of drug-likeness (QED) is 0.761. The average molecular weight is 334 g/mol. The largest absolute Gasteiger partial charge is 0.354 e. The maximum atomic E-state index is 13.0. The molecule has 1 aromatic carbocycles. The van der Waals surface area contributed by atoms with Crippen molar-refractivity contribution in [3.8, 4) is 0 Å². The van der Waals surface area contributed by atoms with Crippen LogP contribution in [0.5, 0.6) is 0 Å². The fraction of sp³-hybridized carbons (Fsp3) is 0.250. The van der Waals surface area contributed by atoms with Gasteiger partial charge in [0.15, 0.2) is 5.65 Å². The van der Waals surface area contributed by atoms with Gasteiger partial charge >= 0.3 is 0 Å². The third-order valence-electron chi connectivity index (χ3n) is 4.19. The highest BCUT2D eigenvalue weighted by Crippen LogP contribution is 2.29. The number of pyridine rings is 2. The number of benzene rings is 1. The number of aryl methyl sites for hydroxylation is 1. The molecule has 0 atom stereocenters. The van der Waals surface area contributed by atoms with Gasteiger partial charge in [0.25, 0.3) is 5.91 Å². The average Bonchev–Trinajstić information content (AvgIpc) is 2.63. The molecular weight excluding hydrogens is 312 g/mol. The fourth-order valence-electron chi connectivity index (χ4n) is 2.82. The van der Waals surface area contributed by atoms with Crippen LogP contribution in [0.3, 0.4) is 0 Å². The summed E-state index contributed by atoms with van der Waals surface area (Å²) in [7, 11) is 0. The van der Waals surface area contributed by atoms with E-state index in [4.69, 9.17) is 0 Å². The number of fused-ring (bicyclic) bond motifs is 1. The zero-order valence-corrected chi connectivity index (χ0v) is 14.8. The predicted molar refractivity (Wildman–Crippen MR) is 101 cm³/mol. The zero-order chi connectivity index (χ0) is 17.8. The smallest absolute Gasteiger partial charge is 0.257 e. The Bertz CT molecular complexity index is 889. The van der Waals surface area contributed by atoms with E-state index in [1.54, 1.807) is 11.1 Å². The number of aromatic nitrogens is 2. The van der Waals surface area contributed by atoms with Crippen LogP contribution >= 0.6 is 0 Å². The van der Waals surface area contributed by atoms with E-state index < -0.39 is 0 Å². The normalized spacial score (nSPS) is 10.7. The van der Waals surface area contributed by atoms with Gasteiger partial charge in [0.05, 0.1) is 11.3 Å². The molecule has 0 aliphatic rings. The van der Waals surface area contributed by atoms with Crippen molar-refractivity contribution in [3.63, 3.8) is 0 Å². The van der Waals surface area contributed by atoms with Crippen LogP contribution in [0.2, 0.25) is 0 Å². The number of anilines is 2. The lowest BCUT2D eigenvalue weighted by Crippen LogP contribution is -2.31. The second-order valence-corrected chi connectivity index (χ2v) is 5.84. The topological polar surface area (TPSA) is 58.1 Å². The number of carbonyl (C=O) groups excluding carboxylic acids is 1. The summed E-state index contributed by atoms with van der Waals surface area (Å²) in [5.74, 6) is -0.0293. The number of nitrogens with one attached hydrogen (secondary N) is 1. The van der Waals surface area contributed by atoms with E-state index in [9.17, 15) is 4.79 Å². The maximum absolute atomic E-state index is 13.0. The third-order valence-corrected chi connectivity index (χ3v) is 4.19. The van der Waals surface area contributed by atoms with E-state index >= 15 is 0 Å². The Morgan fingerprint density at radius 2 is 1.80 bits per heavy atom. The highest BCUT2D eigenvalue weighted by molar-refractivity contribution is 6.07. The van der Waals surface area contributed by atoms with Crippen molar-refractivity contribution in [2.75, 3.05) is 18.4 Å². The zero-order valence-electron chi connectivity index (χ0n) is 14.8. The van der Waals surface area contributed by atoms with Gasteiger partial charge in [0, 0.05) is 36.1 Å². The van der Waals surface area contributed by atoms with Crippen molar-refractivity contribution >= 4 is 28.3 Å².